The van der Waals surface area contributed by atoms with Gasteiger partial charge in [0.1, 0.15) is 0 Å². The first-order chi connectivity index (χ1) is 12.8. The number of fused-ring (bicyclic) bond motifs is 1. The molecule has 1 aliphatic carbocycles. The number of carbonyl (C=O) groups excluding carboxylic acids is 2. The summed E-state index contributed by atoms with van der Waals surface area (Å²) in [6.07, 6.45) is 0.263. The summed E-state index contributed by atoms with van der Waals surface area (Å²) in [5.41, 5.74) is 3.06. The number of nitrogens with zero attached hydrogens (tertiary/aromatic N) is 1. The van der Waals surface area contributed by atoms with Crippen LogP contribution in [0.25, 0.3) is 5.69 Å². The van der Waals surface area contributed by atoms with Crippen LogP contribution in [0.1, 0.15) is 27.9 Å². The third-order valence-corrected chi connectivity index (χ3v) is 5.51. The Labute approximate surface area is 157 Å². The molecule has 1 aliphatic rings. The number of aryl methyl sites for hydroxylation is 1. The molecule has 6 heteroatoms. The van der Waals surface area contributed by atoms with Gasteiger partial charge in [0.2, 0.25) is 0 Å². The minimum absolute atomic E-state index is 0.109. The highest BCUT2D eigenvalue weighted by molar-refractivity contribution is 6.01. The normalized spacial score (nSPS) is 14.6. The smallest absolute Gasteiger partial charge is 0.323 e. The SMILES string of the molecule is COC(=O)C1(C(=O)OC)Cc2c(c(C)n(-c3ccc(C)cc3)c(=O)c2C)C1. The maximum atomic E-state index is 13.1. The van der Waals surface area contributed by atoms with Crippen molar-refractivity contribution in [1.82, 2.24) is 4.57 Å². The Morgan fingerprint density at radius 1 is 0.926 bits per heavy atom. The van der Waals surface area contributed by atoms with E-state index in [2.05, 4.69) is 0 Å². The lowest BCUT2D eigenvalue weighted by atomic mass is 9.84. The number of esters is 2. The average molecular weight is 369 g/mol. The van der Waals surface area contributed by atoms with Gasteiger partial charge in [0, 0.05) is 29.8 Å². The number of ether oxygens (including phenoxy) is 2. The molecule has 27 heavy (non-hydrogen) atoms. The molecule has 0 N–H and O–H groups in total. The lowest BCUT2D eigenvalue weighted by molar-refractivity contribution is -0.168. The van der Waals surface area contributed by atoms with Crippen molar-refractivity contribution >= 4 is 11.9 Å². The summed E-state index contributed by atoms with van der Waals surface area (Å²) in [7, 11) is 2.50. The van der Waals surface area contributed by atoms with Gasteiger partial charge >= 0.3 is 11.9 Å². The lowest BCUT2D eigenvalue weighted by Crippen LogP contribution is -2.42. The molecule has 1 heterocycles. The van der Waals surface area contributed by atoms with Crippen LogP contribution in [0.3, 0.4) is 0 Å². The minimum Gasteiger partial charge on any atom is -0.468 e. The zero-order valence-corrected chi connectivity index (χ0v) is 16.2. The van der Waals surface area contributed by atoms with Crippen molar-refractivity contribution in [3.05, 3.63) is 62.6 Å². The van der Waals surface area contributed by atoms with Gasteiger partial charge in [0.25, 0.3) is 5.56 Å². The quantitative estimate of drug-likeness (QED) is 0.612. The maximum absolute atomic E-state index is 13.1. The van der Waals surface area contributed by atoms with Crippen molar-refractivity contribution in [2.75, 3.05) is 14.2 Å². The van der Waals surface area contributed by atoms with Crippen molar-refractivity contribution in [3.8, 4) is 5.69 Å². The van der Waals surface area contributed by atoms with E-state index in [1.54, 1.807) is 11.5 Å². The number of rotatable bonds is 3. The average Bonchev–Trinajstić information content (AvgIpc) is 3.09. The Balaban J connectivity index is 2.23. The predicted molar refractivity (Wildman–Crippen MR) is 100 cm³/mol. The molecule has 0 saturated heterocycles. The molecule has 0 amide bonds. The van der Waals surface area contributed by atoms with Crippen LogP contribution in [0.4, 0.5) is 0 Å². The van der Waals surface area contributed by atoms with Gasteiger partial charge in [-0.05, 0) is 44.0 Å². The highest BCUT2D eigenvalue weighted by Crippen LogP contribution is 2.41. The summed E-state index contributed by atoms with van der Waals surface area (Å²) in [6, 6.07) is 7.66. The molecule has 0 atom stereocenters. The van der Waals surface area contributed by atoms with Crippen LogP contribution in [0.2, 0.25) is 0 Å². The molecule has 6 nitrogen and oxygen atoms in total. The molecule has 0 aliphatic heterocycles. The molecule has 0 saturated carbocycles. The van der Waals surface area contributed by atoms with E-state index in [4.69, 9.17) is 9.47 Å². The van der Waals surface area contributed by atoms with Gasteiger partial charge in [0.15, 0.2) is 5.41 Å². The fourth-order valence-corrected chi connectivity index (χ4v) is 3.94. The zero-order valence-electron chi connectivity index (χ0n) is 16.2. The van der Waals surface area contributed by atoms with Gasteiger partial charge in [0.05, 0.1) is 14.2 Å². The number of hydrogen-bond acceptors (Lipinski definition) is 5. The lowest BCUT2D eigenvalue weighted by Gasteiger charge is -2.22. The fourth-order valence-electron chi connectivity index (χ4n) is 3.94. The molecule has 0 unspecified atom stereocenters. The van der Waals surface area contributed by atoms with Gasteiger partial charge in [-0.2, -0.15) is 0 Å². The first-order valence-electron chi connectivity index (χ1n) is 8.74. The first-order valence-corrected chi connectivity index (χ1v) is 8.74. The highest BCUT2D eigenvalue weighted by atomic mass is 16.5. The zero-order chi connectivity index (χ0) is 19.9. The van der Waals surface area contributed by atoms with Crippen molar-refractivity contribution in [2.24, 2.45) is 5.41 Å². The third kappa shape index (κ3) is 2.76. The largest absolute Gasteiger partial charge is 0.468 e. The number of hydrogen-bond donors (Lipinski definition) is 0. The van der Waals surface area contributed by atoms with Gasteiger partial charge in [-0.15, -0.1) is 0 Å². The number of carbonyl (C=O) groups is 2. The van der Waals surface area contributed by atoms with Gasteiger partial charge < -0.3 is 9.47 Å². The van der Waals surface area contributed by atoms with Crippen LogP contribution in [0.15, 0.2) is 29.1 Å². The first kappa shape index (κ1) is 18.9. The van der Waals surface area contributed by atoms with E-state index < -0.39 is 17.4 Å². The van der Waals surface area contributed by atoms with E-state index in [0.29, 0.717) is 5.56 Å². The molecule has 0 fully saturated rings. The van der Waals surface area contributed by atoms with Gasteiger partial charge in [-0.3, -0.25) is 19.0 Å². The number of aromatic nitrogens is 1. The molecule has 142 valence electrons. The van der Waals surface area contributed by atoms with Crippen LogP contribution in [-0.4, -0.2) is 30.7 Å². The topological polar surface area (TPSA) is 74.6 Å². The minimum atomic E-state index is -1.44. The molecule has 1 aromatic carbocycles. The summed E-state index contributed by atoms with van der Waals surface area (Å²) in [5, 5.41) is 0. The van der Waals surface area contributed by atoms with Gasteiger partial charge in [-0.1, -0.05) is 17.7 Å². The van der Waals surface area contributed by atoms with Crippen molar-refractivity contribution in [2.45, 2.75) is 33.6 Å². The van der Waals surface area contributed by atoms with E-state index in [0.717, 1.165) is 28.1 Å². The van der Waals surface area contributed by atoms with E-state index in [-0.39, 0.29) is 18.4 Å². The Kier molecular flexibility index (Phi) is 4.68. The molecule has 1 aromatic heterocycles. The molecule has 0 bridgehead atoms. The van der Waals surface area contributed by atoms with Crippen LogP contribution >= 0.6 is 0 Å². The standard InChI is InChI=1S/C21H23NO5/c1-12-6-8-15(9-7-12)22-14(3)17-11-21(19(24)26-4,20(25)27-5)10-16(17)13(2)18(22)23/h6-9H,10-11H2,1-5H3. The highest BCUT2D eigenvalue weighted by Gasteiger charge is 2.53. The number of pyridine rings is 1. The monoisotopic (exact) mass is 369 g/mol. The van der Waals surface area contributed by atoms with Crippen LogP contribution < -0.4 is 5.56 Å². The number of methoxy groups -OCH3 is 2. The molecular formula is C21H23NO5. The van der Waals surface area contributed by atoms with E-state index in [9.17, 15) is 14.4 Å². The third-order valence-electron chi connectivity index (χ3n) is 5.51. The van der Waals surface area contributed by atoms with Crippen molar-refractivity contribution in [1.29, 1.82) is 0 Å². The van der Waals surface area contributed by atoms with E-state index in [1.165, 1.54) is 14.2 Å². The fraction of sp³-hybridized carbons (Fsp3) is 0.381. The second-order valence-corrected chi connectivity index (χ2v) is 7.06. The van der Waals surface area contributed by atoms with Crippen LogP contribution in [0.5, 0.6) is 0 Å². The second-order valence-electron chi connectivity index (χ2n) is 7.06. The molecular weight excluding hydrogens is 346 g/mol. The van der Waals surface area contributed by atoms with E-state index >= 15 is 0 Å². The molecule has 2 aromatic rings. The summed E-state index contributed by atoms with van der Waals surface area (Å²) in [4.78, 5) is 38.0. The Morgan fingerprint density at radius 2 is 1.44 bits per heavy atom. The van der Waals surface area contributed by atoms with Crippen molar-refractivity contribution in [3.63, 3.8) is 0 Å². The Morgan fingerprint density at radius 3 is 1.96 bits per heavy atom. The summed E-state index contributed by atoms with van der Waals surface area (Å²) in [5.74, 6) is -1.28. The number of benzene rings is 1. The Bertz CT molecular complexity index is 969. The van der Waals surface area contributed by atoms with Gasteiger partial charge in [-0.25, -0.2) is 0 Å². The second kappa shape index (κ2) is 6.68. The summed E-state index contributed by atoms with van der Waals surface area (Å²) < 4.78 is 11.4. The summed E-state index contributed by atoms with van der Waals surface area (Å²) in [6.45, 7) is 5.55. The molecule has 0 radical (unpaired) electrons. The predicted octanol–water partition coefficient (Wildman–Crippen LogP) is 2.19. The van der Waals surface area contributed by atoms with Crippen LogP contribution in [-0.2, 0) is 31.9 Å². The van der Waals surface area contributed by atoms with Crippen LogP contribution in [0, 0.1) is 26.2 Å². The summed E-state index contributed by atoms with van der Waals surface area (Å²) >= 11 is 0. The maximum Gasteiger partial charge on any atom is 0.323 e. The molecule has 3 rings (SSSR count). The van der Waals surface area contributed by atoms with E-state index in [1.807, 2.05) is 38.1 Å². The Hall–Kier alpha value is -2.89. The molecule has 0 spiro atoms. The van der Waals surface area contributed by atoms with Crippen molar-refractivity contribution < 1.29 is 19.1 Å².